The van der Waals surface area contributed by atoms with E-state index in [-0.39, 0.29) is 18.4 Å². The molecule has 0 heterocycles. The Hall–Kier alpha value is -2.33. The lowest BCUT2D eigenvalue weighted by Gasteiger charge is -2.20. The molecule has 1 N–H and O–H groups in total. The van der Waals surface area contributed by atoms with E-state index in [0.717, 1.165) is 23.2 Å². The number of rotatable bonds is 7. The van der Waals surface area contributed by atoms with Gasteiger partial charge in [-0.1, -0.05) is 62.7 Å². The van der Waals surface area contributed by atoms with Crippen LogP contribution in [0, 0.1) is 5.92 Å². The van der Waals surface area contributed by atoms with Gasteiger partial charge in [-0.25, -0.2) is 0 Å². The second-order valence-electron chi connectivity index (χ2n) is 6.44. The maximum Gasteiger partial charge on any atom is 0.314 e. The summed E-state index contributed by atoms with van der Waals surface area (Å²) in [5.74, 6) is -1.17. The number of carbonyl (C=O) groups excluding carboxylic acids is 2. The van der Waals surface area contributed by atoms with Gasteiger partial charge in [0, 0.05) is 10.7 Å². The lowest BCUT2D eigenvalue weighted by atomic mass is 9.88. The molecular formula is C21H24ClNO3. The van der Waals surface area contributed by atoms with E-state index in [1.807, 2.05) is 57.2 Å². The minimum atomic E-state index is -0.442. The Bertz CT molecular complexity index is 756. The number of benzene rings is 2. The second-order valence-corrected chi connectivity index (χ2v) is 6.88. The van der Waals surface area contributed by atoms with Crippen molar-refractivity contribution >= 4 is 29.2 Å². The molecule has 0 unspecified atom stereocenters. The molecule has 0 aliphatic rings. The van der Waals surface area contributed by atoms with Gasteiger partial charge in [0.05, 0.1) is 5.92 Å². The summed E-state index contributed by atoms with van der Waals surface area (Å²) in [4.78, 5) is 24.7. The molecule has 2 aromatic rings. The van der Waals surface area contributed by atoms with Gasteiger partial charge in [0.15, 0.2) is 6.61 Å². The van der Waals surface area contributed by atoms with Crippen molar-refractivity contribution in [1.29, 1.82) is 0 Å². The molecule has 0 aliphatic carbocycles. The van der Waals surface area contributed by atoms with Crippen LogP contribution in [-0.2, 0) is 20.7 Å². The number of esters is 1. The van der Waals surface area contributed by atoms with Crippen molar-refractivity contribution in [1.82, 2.24) is 0 Å². The van der Waals surface area contributed by atoms with Crippen LogP contribution in [0.5, 0.6) is 0 Å². The Balaban J connectivity index is 1.99. The highest BCUT2D eigenvalue weighted by atomic mass is 35.5. The van der Waals surface area contributed by atoms with Crippen molar-refractivity contribution < 1.29 is 14.3 Å². The van der Waals surface area contributed by atoms with Crippen molar-refractivity contribution in [3.8, 4) is 0 Å². The van der Waals surface area contributed by atoms with Crippen molar-refractivity contribution in [3.05, 3.63) is 64.7 Å². The molecule has 4 nitrogen and oxygen atoms in total. The van der Waals surface area contributed by atoms with E-state index in [2.05, 4.69) is 5.32 Å². The Morgan fingerprint density at radius 2 is 1.73 bits per heavy atom. The van der Waals surface area contributed by atoms with Crippen LogP contribution in [0.2, 0.25) is 5.02 Å². The van der Waals surface area contributed by atoms with Crippen molar-refractivity contribution in [3.63, 3.8) is 0 Å². The third kappa shape index (κ3) is 5.33. The van der Waals surface area contributed by atoms with Crippen LogP contribution in [0.25, 0.3) is 0 Å². The van der Waals surface area contributed by atoms with Crippen LogP contribution in [0.15, 0.2) is 48.5 Å². The van der Waals surface area contributed by atoms with E-state index in [1.54, 1.807) is 12.1 Å². The predicted molar refractivity (Wildman–Crippen MR) is 104 cm³/mol. The lowest BCUT2D eigenvalue weighted by Crippen LogP contribution is -2.26. The van der Waals surface area contributed by atoms with Crippen LogP contribution < -0.4 is 5.32 Å². The number of amides is 1. The molecule has 0 saturated heterocycles. The van der Waals surface area contributed by atoms with Crippen LogP contribution in [0.4, 0.5) is 5.69 Å². The Labute approximate surface area is 159 Å². The molecule has 26 heavy (non-hydrogen) atoms. The molecule has 0 radical (unpaired) electrons. The Morgan fingerprint density at radius 3 is 2.35 bits per heavy atom. The minimum Gasteiger partial charge on any atom is -0.455 e. The molecule has 5 heteroatoms. The SMILES string of the molecule is CCc1ccccc1NC(=O)COC(=O)[C@@H](c1ccc(Cl)cc1)C(C)C. The standard InChI is InChI=1S/C21H24ClNO3/c1-4-15-7-5-6-8-18(15)23-19(24)13-26-21(25)20(14(2)3)16-9-11-17(22)12-10-16/h5-12,14,20H,4,13H2,1-3H3,(H,23,24)/t20-/m1/s1. The smallest absolute Gasteiger partial charge is 0.314 e. The van der Waals surface area contributed by atoms with Gasteiger partial charge in [0.1, 0.15) is 0 Å². The molecule has 1 atom stereocenters. The summed E-state index contributed by atoms with van der Waals surface area (Å²) in [6.45, 7) is 5.59. The zero-order valence-electron chi connectivity index (χ0n) is 15.3. The first-order valence-electron chi connectivity index (χ1n) is 8.72. The average molecular weight is 374 g/mol. The first kappa shape index (κ1) is 20.0. The fourth-order valence-corrected chi connectivity index (χ4v) is 2.95. The minimum absolute atomic E-state index is 0.0348. The summed E-state index contributed by atoms with van der Waals surface area (Å²) >= 11 is 5.91. The molecule has 138 valence electrons. The predicted octanol–water partition coefficient (Wildman–Crippen LogP) is 4.82. The maximum atomic E-state index is 12.5. The molecule has 2 rings (SSSR count). The monoisotopic (exact) mass is 373 g/mol. The molecule has 0 spiro atoms. The second kappa shape index (κ2) is 9.39. The van der Waals surface area contributed by atoms with Crippen molar-refractivity contribution in [2.45, 2.75) is 33.1 Å². The van der Waals surface area contributed by atoms with Crippen molar-refractivity contribution in [2.24, 2.45) is 5.92 Å². The number of hydrogen-bond acceptors (Lipinski definition) is 3. The van der Waals surface area contributed by atoms with Crippen LogP contribution in [0.1, 0.15) is 37.8 Å². The van der Waals surface area contributed by atoms with E-state index in [0.29, 0.717) is 5.02 Å². The summed E-state index contributed by atoms with van der Waals surface area (Å²) in [5.41, 5.74) is 2.61. The van der Waals surface area contributed by atoms with E-state index in [4.69, 9.17) is 16.3 Å². The lowest BCUT2D eigenvalue weighted by molar-refractivity contribution is -0.149. The van der Waals surface area contributed by atoms with Crippen molar-refractivity contribution in [2.75, 3.05) is 11.9 Å². The number of carbonyl (C=O) groups is 2. The molecule has 0 aliphatic heterocycles. The summed E-state index contributed by atoms with van der Waals surface area (Å²) in [7, 11) is 0. The van der Waals surface area contributed by atoms with Gasteiger partial charge in [-0.2, -0.15) is 0 Å². The first-order chi connectivity index (χ1) is 12.4. The summed E-state index contributed by atoms with van der Waals surface area (Å²) in [6, 6.07) is 14.7. The normalized spacial score (nSPS) is 11.9. The average Bonchev–Trinajstić information content (AvgIpc) is 2.62. The summed E-state index contributed by atoms with van der Waals surface area (Å²) < 4.78 is 5.27. The highest BCUT2D eigenvalue weighted by Crippen LogP contribution is 2.27. The van der Waals surface area contributed by atoms with Gasteiger partial charge in [-0.15, -0.1) is 0 Å². The van der Waals surface area contributed by atoms with Gasteiger partial charge in [0.25, 0.3) is 5.91 Å². The Kier molecular flexibility index (Phi) is 7.22. The first-order valence-corrected chi connectivity index (χ1v) is 9.10. The Morgan fingerprint density at radius 1 is 1.08 bits per heavy atom. The highest BCUT2D eigenvalue weighted by molar-refractivity contribution is 6.30. The number of para-hydroxylation sites is 1. The molecule has 2 aromatic carbocycles. The molecule has 1 amide bonds. The van der Waals surface area contributed by atoms with E-state index in [9.17, 15) is 9.59 Å². The van der Waals surface area contributed by atoms with Gasteiger partial charge < -0.3 is 10.1 Å². The topological polar surface area (TPSA) is 55.4 Å². The van der Waals surface area contributed by atoms with Crippen LogP contribution in [0.3, 0.4) is 0 Å². The quantitative estimate of drug-likeness (QED) is 0.707. The molecular weight excluding hydrogens is 350 g/mol. The molecule has 0 bridgehead atoms. The number of hydrogen-bond donors (Lipinski definition) is 1. The van der Waals surface area contributed by atoms with E-state index >= 15 is 0 Å². The molecule has 0 saturated carbocycles. The molecule has 0 fully saturated rings. The largest absolute Gasteiger partial charge is 0.455 e. The van der Waals surface area contributed by atoms with Gasteiger partial charge in [-0.05, 0) is 41.7 Å². The van der Waals surface area contributed by atoms with Gasteiger partial charge in [-0.3, -0.25) is 9.59 Å². The number of nitrogens with one attached hydrogen (secondary N) is 1. The van der Waals surface area contributed by atoms with Crippen LogP contribution in [-0.4, -0.2) is 18.5 Å². The number of ether oxygens (including phenoxy) is 1. The third-order valence-electron chi connectivity index (χ3n) is 4.17. The number of halogens is 1. The van der Waals surface area contributed by atoms with Gasteiger partial charge >= 0.3 is 5.97 Å². The third-order valence-corrected chi connectivity index (χ3v) is 4.42. The zero-order valence-corrected chi connectivity index (χ0v) is 16.0. The fourth-order valence-electron chi connectivity index (χ4n) is 2.83. The van der Waals surface area contributed by atoms with E-state index in [1.165, 1.54) is 0 Å². The number of aryl methyl sites for hydroxylation is 1. The van der Waals surface area contributed by atoms with Gasteiger partial charge in [0.2, 0.25) is 0 Å². The fraction of sp³-hybridized carbons (Fsp3) is 0.333. The molecule has 0 aromatic heterocycles. The maximum absolute atomic E-state index is 12.5. The van der Waals surface area contributed by atoms with Crippen LogP contribution >= 0.6 is 11.6 Å². The summed E-state index contributed by atoms with van der Waals surface area (Å²) in [6.07, 6.45) is 0.808. The van der Waals surface area contributed by atoms with E-state index < -0.39 is 11.9 Å². The number of anilines is 1. The highest BCUT2D eigenvalue weighted by Gasteiger charge is 2.26. The zero-order chi connectivity index (χ0) is 19.1. The summed E-state index contributed by atoms with van der Waals surface area (Å²) in [5, 5.41) is 3.41.